The van der Waals surface area contributed by atoms with E-state index in [-0.39, 0.29) is 17.4 Å². The highest BCUT2D eigenvalue weighted by molar-refractivity contribution is 7.93. The summed E-state index contributed by atoms with van der Waals surface area (Å²) in [5.74, 6) is -0.150. The van der Waals surface area contributed by atoms with Crippen molar-refractivity contribution in [2.75, 3.05) is 17.9 Å². The summed E-state index contributed by atoms with van der Waals surface area (Å²) in [4.78, 5) is 24.3. The molecule has 5 rings (SSSR count). The van der Waals surface area contributed by atoms with Crippen LogP contribution in [0.15, 0.2) is 71.2 Å². The zero-order valence-electron chi connectivity index (χ0n) is 17.0. The molecule has 8 nitrogen and oxygen atoms in total. The monoisotopic (exact) mass is 468 g/mol. The fraction of sp³-hybridized carbons (Fsp3) is 0.182. The molecule has 0 saturated carbocycles. The van der Waals surface area contributed by atoms with E-state index in [9.17, 15) is 13.2 Å². The number of hydrogen-bond donors (Lipinski definition) is 1. The summed E-state index contributed by atoms with van der Waals surface area (Å²) in [5.41, 5.74) is 2.75. The first kappa shape index (κ1) is 20.5. The summed E-state index contributed by atoms with van der Waals surface area (Å²) < 4.78 is 29.5. The summed E-state index contributed by atoms with van der Waals surface area (Å²) in [6.07, 6.45) is 3.99. The van der Waals surface area contributed by atoms with Gasteiger partial charge in [-0.3, -0.25) is 9.52 Å². The quantitative estimate of drug-likeness (QED) is 0.470. The lowest BCUT2D eigenvalue weighted by atomic mass is 10.00. The van der Waals surface area contributed by atoms with E-state index in [1.807, 2.05) is 36.4 Å². The van der Waals surface area contributed by atoms with Crippen molar-refractivity contribution in [3.05, 3.63) is 77.4 Å². The SMILES string of the molecule is O=C(COn1ccc2ccccc21)N1CCc2ccc(S(=O)(=O)Nc3nccs3)cc2C1. The average molecular weight is 469 g/mol. The molecule has 2 aromatic carbocycles. The van der Waals surface area contributed by atoms with Crippen LogP contribution >= 0.6 is 11.3 Å². The normalized spacial score (nSPS) is 13.7. The van der Waals surface area contributed by atoms with Crippen LogP contribution in [0.4, 0.5) is 5.13 Å². The van der Waals surface area contributed by atoms with E-state index >= 15 is 0 Å². The van der Waals surface area contributed by atoms with Gasteiger partial charge in [-0.15, -0.1) is 11.3 Å². The smallest absolute Gasteiger partial charge is 0.263 e. The van der Waals surface area contributed by atoms with Crippen molar-refractivity contribution < 1.29 is 18.0 Å². The van der Waals surface area contributed by atoms with E-state index in [1.165, 1.54) is 17.5 Å². The number of carbonyl (C=O) groups is 1. The van der Waals surface area contributed by atoms with Crippen LogP contribution in [0.1, 0.15) is 11.1 Å². The Morgan fingerprint density at radius 1 is 1.16 bits per heavy atom. The average Bonchev–Trinajstić information content (AvgIpc) is 3.46. The zero-order chi connectivity index (χ0) is 22.1. The number of sulfonamides is 1. The summed E-state index contributed by atoms with van der Waals surface area (Å²) in [7, 11) is -3.75. The van der Waals surface area contributed by atoms with Gasteiger partial charge >= 0.3 is 0 Å². The Morgan fingerprint density at radius 2 is 2.03 bits per heavy atom. The van der Waals surface area contributed by atoms with Crippen LogP contribution in [0, 0.1) is 0 Å². The molecule has 0 fully saturated rings. The van der Waals surface area contributed by atoms with E-state index in [0.717, 1.165) is 22.0 Å². The minimum absolute atomic E-state index is 0.0996. The van der Waals surface area contributed by atoms with Gasteiger partial charge in [-0.2, -0.15) is 4.73 Å². The molecule has 164 valence electrons. The second-order valence-electron chi connectivity index (χ2n) is 7.41. The Labute approximate surface area is 189 Å². The van der Waals surface area contributed by atoms with Crippen molar-refractivity contribution in [1.82, 2.24) is 14.6 Å². The molecule has 2 aromatic heterocycles. The molecule has 0 spiro atoms. The highest BCUT2D eigenvalue weighted by atomic mass is 32.2. The molecule has 0 aliphatic carbocycles. The minimum atomic E-state index is -3.75. The molecule has 1 N–H and O–H groups in total. The Morgan fingerprint density at radius 3 is 2.88 bits per heavy atom. The lowest BCUT2D eigenvalue weighted by Crippen LogP contribution is -2.40. The van der Waals surface area contributed by atoms with Crippen LogP contribution in [0.25, 0.3) is 10.9 Å². The largest absolute Gasteiger partial charge is 0.404 e. The van der Waals surface area contributed by atoms with E-state index in [2.05, 4.69) is 9.71 Å². The lowest BCUT2D eigenvalue weighted by molar-refractivity contribution is -0.137. The first-order valence-electron chi connectivity index (χ1n) is 10.0. The number of nitrogens with one attached hydrogen (secondary N) is 1. The molecule has 1 amide bonds. The van der Waals surface area contributed by atoms with Gasteiger partial charge in [-0.25, -0.2) is 13.4 Å². The molecule has 0 unspecified atom stereocenters. The Hall–Kier alpha value is -3.37. The first-order valence-corrected chi connectivity index (χ1v) is 12.4. The number of benzene rings is 2. The van der Waals surface area contributed by atoms with Gasteiger partial charge in [-0.1, -0.05) is 24.3 Å². The van der Waals surface area contributed by atoms with Crippen molar-refractivity contribution >= 4 is 43.3 Å². The number of rotatable bonds is 6. The minimum Gasteiger partial charge on any atom is -0.404 e. The van der Waals surface area contributed by atoms with Crippen LogP contribution in [-0.4, -0.2) is 42.1 Å². The summed E-state index contributed by atoms with van der Waals surface area (Å²) in [5, 5.41) is 3.05. The molecule has 0 bridgehead atoms. The molecule has 1 aliphatic heterocycles. The lowest BCUT2D eigenvalue weighted by Gasteiger charge is -2.29. The van der Waals surface area contributed by atoms with Gasteiger partial charge in [0.05, 0.1) is 10.4 Å². The molecule has 3 heterocycles. The van der Waals surface area contributed by atoms with Gasteiger partial charge < -0.3 is 9.74 Å². The van der Waals surface area contributed by atoms with E-state index < -0.39 is 10.0 Å². The third kappa shape index (κ3) is 4.06. The van der Waals surface area contributed by atoms with Crippen molar-refractivity contribution in [2.45, 2.75) is 17.9 Å². The molecular weight excluding hydrogens is 448 g/mol. The van der Waals surface area contributed by atoms with Gasteiger partial charge in [-0.05, 0) is 41.8 Å². The summed E-state index contributed by atoms with van der Waals surface area (Å²) in [6.45, 7) is 0.799. The van der Waals surface area contributed by atoms with Crippen LogP contribution < -0.4 is 9.56 Å². The number of carbonyl (C=O) groups excluding carboxylic acids is 1. The Kier molecular flexibility index (Phi) is 5.32. The van der Waals surface area contributed by atoms with Gasteiger partial charge in [0.2, 0.25) is 0 Å². The van der Waals surface area contributed by atoms with Crippen LogP contribution in [-0.2, 0) is 27.8 Å². The number of thiazole rings is 1. The van der Waals surface area contributed by atoms with E-state index in [1.54, 1.807) is 33.3 Å². The van der Waals surface area contributed by atoms with E-state index in [4.69, 9.17) is 4.84 Å². The predicted octanol–water partition coefficient (Wildman–Crippen LogP) is 2.91. The maximum Gasteiger partial charge on any atom is 0.263 e. The number of nitrogens with zero attached hydrogens (tertiary/aromatic N) is 3. The third-order valence-corrected chi connectivity index (χ3v) is 7.55. The molecule has 32 heavy (non-hydrogen) atoms. The number of fused-ring (bicyclic) bond motifs is 2. The summed E-state index contributed by atoms with van der Waals surface area (Å²) in [6, 6.07) is 14.7. The second-order valence-corrected chi connectivity index (χ2v) is 9.99. The van der Waals surface area contributed by atoms with Crippen LogP contribution in [0.2, 0.25) is 0 Å². The number of hydrogen-bond acceptors (Lipinski definition) is 6. The van der Waals surface area contributed by atoms with E-state index in [0.29, 0.717) is 24.6 Å². The molecule has 0 radical (unpaired) electrons. The van der Waals surface area contributed by atoms with Crippen molar-refractivity contribution in [2.24, 2.45) is 0 Å². The predicted molar refractivity (Wildman–Crippen MR) is 122 cm³/mol. The highest BCUT2D eigenvalue weighted by Gasteiger charge is 2.24. The number of para-hydroxylation sites is 1. The van der Waals surface area contributed by atoms with Crippen LogP contribution in [0.3, 0.4) is 0 Å². The fourth-order valence-corrected chi connectivity index (χ4v) is 5.59. The topological polar surface area (TPSA) is 93.5 Å². The van der Waals surface area contributed by atoms with Gasteiger partial charge in [0, 0.05) is 36.2 Å². The number of aromatic nitrogens is 2. The number of anilines is 1. The molecule has 0 saturated heterocycles. The summed E-state index contributed by atoms with van der Waals surface area (Å²) >= 11 is 1.21. The maximum absolute atomic E-state index is 12.8. The van der Waals surface area contributed by atoms with Gasteiger partial charge in [0.15, 0.2) is 11.7 Å². The molecule has 1 aliphatic rings. The molecule has 10 heteroatoms. The Bertz CT molecular complexity index is 1380. The molecule has 0 atom stereocenters. The third-order valence-electron chi connectivity index (χ3n) is 5.40. The van der Waals surface area contributed by atoms with Gasteiger partial charge in [0.1, 0.15) is 0 Å². The van der Waals surface area contributed by atoms with Crippen molar-refractivity contribution in [3.63, 3.8) is 0 Å². The standard InChI is InChI=1S/C22H20N4O4S2/c27-21(15-30-26-11-8-17-3-1-2-4-20(17)26)25-10-7-16-5-6-19(13-18(16)14-25)32(28,29)24-22-23-9-12-31-22/h1-6,8-9,11-13H,7,10,14-15H2,(H,23,24). The Balaban J connectivity index is 1.28. The highest BCUT2D eigenvalue weighted by Crippen LogP contribution is 2.25. The second kappa shape index (κ2) is 8.29. The number of amides is 1. The molecular formula is C22H20N4O4S2. The maximum atomic E-state index is 12.8. The molecule has 4 aromatic rings. The van der Waals surface area contributed by atoms with Crippen LogP contribution in [0.5, 0.6) is 0 Å². The fourth-order valence-electron chi connectivity index (χ4n) is 3.75. The first-order chi connectivity index (χ1) is 15.5. The van der Waals surface area contributed by atoms with Crippen molar-refractivity contribution in [3.8, 4) is 0 Å². The zero-order valence-corrected chi connectivity index (χ0v) is 18.6. The van der Waals surface area contributed by atoms with Crippen molar-refractivity contribution in [1.29, 1.82) is 0 Å². The van der Waals surface area contributed by atoms with Gasteiger partial charge in [0.25, 0.3) is 15.9 Å².